The first kappa shape index (κ1) is 14.9. The van der Waals surface area contributed by atoms with E-state index in [9.17, 15) is 9.18 Å². The lowest BCUT2D eigenvalue weighted by molar-refractivity contribution is -0.130. The van der Waals surface area contributed by atoms with Gasteiger partial charge in [0.05, 0.1) is 6.42 Å². The van der Waals surface area contributed by atoms with Crippen molar-refractivity contribution in [2.24, 2.45) is 0 Å². The summed E-state index contributed by atoms with van der Waals surface area (Å²) >= 11 is 6.00. The van der Waals surface area contributed by atoms with E-state index in [4.69, 9.17) is 11.6 Å². The Bertz CT molecular complexity index is 685. The molecule has 0 unspecified atom stereocenters. The normalized spacial score (nSPS) is 14.0. The fourth-order valence-electron chi connectivity index (χ4n) is 2.62. The van der Waals surface area contributed by atoms with Gasteiger partial charge < -0.3 is 10.2 Å². The first-order valence-electron chi connectivity index (χ1n) is 7.17. The Morgan fingerprint density at radius 1 is 1.23 bits per heavy atom. The summed E-state index contributed by atoms with van der Waals surface area (Å²) in [6.07, 6.45) is -0.0202. The summed E-state index contributed by atoms with van der Waals surface area (Å²) in [4.78, 5) is 14.2. The number of para-hydroxylation sites is 1. The lowest BCUT2D eigenvalue weighted by Crippen LogP contribution is -2.34. The highest BCUT2D eigenvalue weighted by molar-refractivity contribution is 6.31. The average molecular weight is 319 g/mol. The Morgan fingerprint density at radius 3 is 2.86 bits per heavy atom. The van der Waals surface area contributed by atoms with Crippen LogP contribution in [0.5, 0.6) is 0 Å². The van der Waals surface area contributed by atoms with Crippen LogP contribution in [0.2, 0.25) is 5.02 Å². The van der Waals surface area contributed by atoms with E-state index < -0.39 is 5.82 Å². The van der Waals surface area contributed by atoms with Gasteiger partial charge >= 0.3 is 0 Å². The van der Waals surface area contributed by atoms with E-state index in [0.29, 0.717) is 24.7 Å². The molecular formula is C17H16ClFN2O. The molecule has 3 rings (SSSR count). The molecule has 0 spiro atoms. The quantitative estimate of drug-likeness (QED) is 0.919. The highest BCUT2D eigenvalue weighted by atomic mass is 35.5. The maximum atomic E-state index is 13.8. The fraction of sp³-hybridized carbons (Fsp3) is 0.235. The predicted octanol–water partition coefficient (Wildman–Crippen LogP) is 3.48. The highest BCUT2D eigenvalue weighted by Crippen LogP contribution is 2.23. The van der Waals surface area contributed by atoms with E-state index in [1.165, 1.54) is 12.1 Å². The lowest BCUT2D eigenvalue weighted by Gasteiger charge is -2.21. The van der Waals surface area contributed by atoms with Crippen molar-refractivity contribution in [1.82, 2.24) is 4.90 Å². The summed E-state index contributed by atoms with van der Waals surface area (Å²) in [5.41, 5.74) is 2.37. The molecule has 0 saturated carbocycles. The number of hydrogen-bond acceptors (Lipinski definition) is 2. The van der Waals surface area contributed by atoms with Crippen molar-refractivity contribution < 1.29 is 9.18 Å². The van der Waals surface area contributed by atoms with Gasteiger partial charge in [0.2, 0.25) is 5.91 Å². The molecule has 1 amide bonds. The average Bonchev–Trinajstić information content (AvgIpc) is 2.73. The van der Waals surface area contributed by atoms with Crippen molar-refractivity contribution in [3.05, 3.63) is 64.4 Å². The van der Waals surface area contributed by atoms with E-state index in [0.717, 1.165) is 11.3 Å². The number of carbonyl (C=O) groups excluding carboxylic acids is 1. The first-order valence-corrected chi connectivity index (χ1v) is 7.55. The zero-order chi connectivity index (χ0) is 15.5. The van der Waals surface area contributed by atoms with Crippen LogP contribution in [-0.2, 0) is 17.8 Å². The first-order chi connectivity index (χ1) is 10.6. The van der Waals surface area contributed by atoms with Crippen molar-refractivity contribution >= 4 is 23.2 Å². The van der Waals surface area contributed by atoms with E-state index in [1.807, 2.05) is 24.3 Å². The van der Waals surface area contributed by atoms with Gasteiger partial charge in [-0.1, -0.05) is 35.9 Å². The smallest absolute Gasteiger partial charge is 0.227 e. The number of nitrogens with zero attached hydrogens (tertiary/aromatic N) is 1. The molecule has 114 valence electrons. The molecule has 0 saturated heterocycles. The number of nitrogens with one attached hydrogen (secondary N) is 1. The van der Waals surface area contributed by atoms with Gasteiger partial charge in [-0.3, -0.25) is 4.79 Å². The van der Waals surface area contributed by atoms with Gasteiger partial charge in [0.25, 0.3) is 0 Å². The summed E-state index contributed by atoms with van der Waals surface area (Å²) < 4.78 is 13.8. The lowest BCUT2D eigenvalue weighted by atomic mass is 10.1. The molecule has 22 heavy (non-hydrogen) atoms. The van der Waals surface area contributed by atoms with Crippen LogP contribution >= 0.6 is 11.6 Å². The van der Waals surface area contributed by atoms with E-state index >= 15 is 0 Å². The molecule has 0 aromatic heterocycles. The second-order valence-corrected chi connectivity index (χ2v) is 5.68. The molecule has 1 aliphatic heterocycles. The third-order valence-electron chi connectivity index (χ3n) is 3.82. The van der Waals surface area contributed by atoms with Crippen LogP contribution in [0.1, 0.15) is 11.1 Å². The molecular weight excluding hydrogens is 303 g/mol. The number of hydrogen-bond donors (Lipinski definition) is 1. The van der Waals surface area contributed by atoms with Gasteiger partial charge in [-0.15, -0.1) is 0 Å². The second-order valence-electron chi connectivity index (χ2n) is 5.28. The zero-order valence-electron chi connectivity index (χ0n) is 12.0. The number of amides is 1. The molecule has 5 heteroatoms. The topological polar surface area (TPSA) is 32.3 Å². The molecule has 1 heterocycles. The van der Waals surface area contributed by atoms with Crippen molar-refractivity contribution in [2.75, 3.05) is 18.4 Å². The van der Waals surface area contributed by atoms with Crippen molar-refractivity contribution in [1.29, 1.82) is 0 Å². The van der Waals surface area contributed by atoms with Gasteiger partial charge in [-0.05, 0) is 23.8 Å². The Balaban J connectivity index is 1.78. The highest BCUT2D eigenvalue weighted by Gasteiger charge is 2.20. The van der Waals surface area contributed by atoms with Gasteiger partial charge in [-0.2, -0.15) is 0 Å². The van der Waals surface area contributed by atoms with E-state index in [-0.39, 0.29) is 17.9 Å². The SMILES string of the molecule is O=C(Cc1c(F)cccc1Cl)N1CCNc2ccccc2C1. The van der Waals surface area contributed by atoms with Crippen molar-refractivity contribution in [3.8, 4) is 0 Å². The van der Waals surface area contributed by atoms with Gasteiger partial charge in [0.1, 0.15) is 5.82 Å². The summed E-state index contributed by atoms with van der Waals surface area (Å²) in [5, 5.41) is 3.60. The van der Waals surface area contributed by atoms with Crippen molar-refractivity contribution in [2.45, 2.75) is 13.0 Å². The largest absolute Gasteiger partial charge is 0.383 e. The van der Waals surface area contributed by atoms with Crippen LogP contribution in [0, 0.1) is 5.82 Å². The molecule has 0 bridgehead atoms. The Hall–Kier alpha value is -2.07. The molecule has 3 nitrogen and oxygen atoms in total. The summed E-state index contributed by atoms with van der Waals surface area (Å²) in [6.45, 7) is 1.78. The molecule has 0 aliphatic carbocycles. The molecule has 0 radical (unpaired) electrons. The van der Waals surface area contributed by atoms with E-state index in [2.05, 4.69) is 5.32 Å². The maximum Gasteiger partial charge on any atom is 0.227 e. The van der Waals surface area contributed by atoms with Crippen LogP contribution in [-0.4, -0.2) is 23.9 Å². The van der Waals surface area contributed by atoms with Crippen LogP contribution in [0.25, 0.3) is 0 Å². The van der Waals surface area contributed by atoms with Crippen LogP contribution in [0.3, 0.4) is 0 Å². The standard InChI is InChI=1S/C17H16ClFN2O/c18-14-5-3-6-15(19)13(14)10-17(22)21-9-8-20-16-7-2-1-4-12(16)11-21/h1-7,20H,8-11H2. The zero-order valence-corrected chi connectivity index (χ0v) is 12.7. The third-order valence-corrected chi connectivity index (χ3v) is 4.17. The van der Waals surface area contributed by atoms with Crippen molar-refractivity contribution in [3.63, 3.8) is 0 Å². The molecule has 0 fully saturated rings. The predicted molar refractivity (Wildman–Crippen MR) is 85.5 cm³/mol. The fourth-order valence-corrected chi connectivity index (χ4v) is 2.85. The number of halogens is 2. The minimum Gasteiger partial charge on any atom is -0.383 e. The third kappa shape index (κ3) is 3.07. The molecule has 1 N–H and O–H groups in total. The molecule has 2 aromatic carbocycles. The summed E-state index contributed by atoms with van der Waals surface area (Å²) in [7, 11) is 0. The number of benzene rings is 2. The summed E-state index contributed by atoms with van der Waals surface area (Å²) in [5.74, 6) is -0.556. The van der Waals surface area contributed by atoms with E-state index in [1.54, 1.807) is 11.0 Å². The number of rotatable bonds is 2. The minimum atomic E-state index is -0.436. The molecule has 2 aromatic rings. The second kappa shape index (κ2) is 6.36. The monoisotopic (exact) mass is 318 g/mol. The van der Waals surface area contributed by atoms with Gasteiger partial charge in [0, 0.05) is 35.9 Å². The van der Waals surface area contributed by atoms with Crippen LogP contribution in [0.4, 0.5) is 10.1 Å². The Labute approximate surface area is 133 Å². The van der Waals surface area contributed by atoms with Gasteiger partial charge in [0.15, 0.2) is 0 Å². The van der Waals surface area contributed by atoms with Gasteiger partial charge in [-0.25, -0.2) is 4.39 Å². The number of carbonyl (C=O) groups is 1. The van der Waals surface area contributed by atoms with Crippen LogP contribution in [0.15, 0.2) is 42.5 Å². The number of fused-ring (bicyclic) bond motifs is 1. The number of anilines is 1. The van der Waals surface area contributed by atoms with Crippen LogP contribution < -0.4 is 5.32 Å². The maximum absolute atomic E-state index is 13.8. The minimum absolute atomic E-state index is 0.0202. The molecule has 0 atom stereocenters. The summed E-state index contributed by atoms with van der Waals surface area (Å²) in [6, 6.07) is 12.4. The Morgan fingerprint density at radius 2 is 2.05 bits per heavy atom. The Kier molecular flexibility index (Phi) is 4.29. The molecule has 1 aliphatic rings.